The van der Waals surface area contributed by atoms with E-state index in [4.69, 9.17) is 11.6 Å². The number of carbonyl (C=O) groups is 3. The molecule has 6 nitrogen and oxygen atoms in total. The number of hydrogen-bond acceptors (Lipinski definition) is 4. The fraction of sp³-hybridized carbons (Fsp3) is 0.0938. The molecule has 0 atom stereocenters. The van der Waals surface area contributed by atoms with E-state index in [9.17, 15) is 14.4 Å². The third kappa shape index (κ3) is 5.61. The summed E-state index contributed by atoms with van der Waals surface area (Å²) < 4.78 is 0. The van der Waals surface area contributed by atoms with E-state index < -0.39 is 11.8 Å². The number of nitrogens with zero attached hydrogens (tertiary/aromatic N) is 2. The topological polar surface area (TPSA) is 69.7 Å². The summed E-state index contributed by atoms with van der Waals surface area (Å²) >= 11 is 6.33. The Balaban J connectivity index is 1.40. The van der Waals surface area contributed by atoms with Gasteiger partial charge in [-0.25, -0.2) is 4.90 Å². The number of anilines is 2. The van der Waals surface area contributed by atoms with Crippen molar-refractivity contribution in [1.82, 2.24) is 4.90 Å². The van der Waals surface area contributed by atoms with Crippen molar-refractivity contribution in [3.8, 4) is 0 Å². The third-order valence-electron chi connectivity index (χ3n) is 6.48. The van der Waals surface area contributed by atoms with Gasteiger partial charge in [0, 0.05) is 24.3 Å². The molecule has 0 bridgehead atoms. The quantitative estimate of drug-likeness (QED) is 0.270. The zero-order valence-electron chi connectivity index (χ0n) is 21.3. The second kappa shape index (κ2) is 11.4. The minimum absolute atomic E-state index is 0.0278. The van der Waals surface area contributed by atoms with Gasteiger partial charge < -0.3 is 10.2 Å². The van der Waals surface area contributed by atoms with Crippen LogP contribution in [0.25, 0.3) is 0 Å². The fourth-order valence-corrected chi connectivity index (χ4v) is 4.72. The highest BCUT2D eigenvalue weighted by atomic mass is 35.5. The highest BCUT2D eigenvalue weighted by Gasteiger charge is 2.39. The largest absolute Gasteiger partial charge is 0.350 e. The molecule has 0 radical (unpaired) electrons. The highest BCUT2D eigenvalue weighted by molar-refractivity contribution is 6.53. The van der Waals surface area contributed by atoms with Gasteiger partial charge in [-0.2, -0.15) is 0 Å². The van der Waals surface area contributed by atoms with Gasteiger partial charge in [-0.3, -0.25) is 14.4 Å². The molecule has 0 spiro atoms. The summed E-state index contributed by atoms with van der Waals surface area (Å²) in [5.74, 6) is -1.31. The predicted molar refractivity (Wildman–Crippen MR) is 153 cm³/mol. The Bertz CT molecular complexity index is 1530. The maximum absolute atomic E-state index is 13.7. The molecule has 1 N–H and O–H groups in total. The molecule has 0 saturated heterocycles. The van der Waals surface area contributed by atoms with Crippen LogP contribution in [0.4, 0.5) is 11.4 Å². The number of aryl methyl sites for hydroxylation is 1. The molecule has 0 aromatic heterocycles. The number of para-hydroxylation sites is 1. The van der Waals surface area contributed by atoms with Crippen molar-refractivity contribution >= 4 is 40.7 Å². The minimum atomic E-state index is -0.595. The van der Waals surface area contributed by atoms with Crippen molar-refractivity contribution in [2.45, 2.75) is 20.0 Å². The number of carbonyl (C=O) groups excluding carboxylic acids is 3. The monoisotopic (exact) mass is 535 g/mol. The molecule has 7 heteroatoms. The van der Waals surface area contributed by atoms with E-state index in [1.165, 1.54) is 0 Å². The van der Waals surface area contributed by atoms with Crippen molar-refractivity contribution in [2.75, 3.05) is 10.2 Å². The van der Waals surface area contributed by atoms with Crippen LogP contribution < -0.4 is 10.2 Å². The number of rotatable bonds is 8. The Kier molecular flexibility index (Phi) is 7.57. The van der Waals surface area contributed by atoms with Gasteiger partial charge in [-0.05, 0) is 47.9 Å². The number of benzene rings is 4. The van der Waals surface area contributed by atoms with Crippen LogP contribution in [0.5, 0.6) is 0 Å². The molecule has 5 rings (SSSR count). The fourth-order valence-electron chi connectivity index (χ4n) is 4.51. The van der Waals surface area contributed by atoms with Gasteiger partial charge in [0.2, 0.25) is 0 Å². The third-order valence-corrected chi connectivity index (χ3v) is 6.83. The van der Waals surface area contributed by atoms with Crippen LogP contribution >= 0.6 is 11.6 Å². The second-order valence-corrected chi connectivity index (χ2v) is 9.64. The molecule has 194 valence electrons. The lowest BCUT2D eigenvalue weighted by molar-refractivity contribution is -0.120. The number of nitrogens with one attached hydrogen (secondary N) is 1. The molecular weight excluding hydrogens is 510 g/mol. The van der Waals surface area contributed by atoms with Gasteiger partial charge in [-0.15, -0.1) is 0 Å². The molecule has 0 saturated carbocycles. The number of halogens is 1. The van der Waals surface area contributed by atoms with Crippen molar-refractivity contribution in [3.63, 3.8) is 0 Å². The van der Waals surface area contributed by atoms with Gasteiger partial charge in [0.15, 0.2) is 0 Å². The average molecular weight is 536 g/mol. The molecule has 1 aliphatic rings. The first-order valence-corrected chi connectivity index (χ1v) is 12.9. The number of imide groups is 1. The Morgan fingerprint density at radius 2 is 1.36 bits per heavy atom. The van der Waals surface area contributed by atoms with Crippen LogP contribution in [-0.4, -0.2) is 22.6 Å². The molecule has 39 heavy (non-hydrogen) atoms. The molecule has 4 aromatic rings. The van der Waals surface area contributed by atoms with Gasteiger partial charge in [0.05, 0.1) is 5.69 Å². The lowest BCUT2D eigenvalue weighted by Gasteiger charge is -2.23. The summed E-state index contributed by atoms with van der Waals surface area (Å²) in [6.45, 7) is 2.68. The summed E-state index contributed by atoms with van der Waals surface area (Å²) in [6.07, 6.45) is 0. The predicted octanol–water partition coefficient (Wildman–Crippen LogP) is 6.27. The van der Waals surface area contributed by atoms with Gasteiger partial charge in [0.25, 0.3) is 17.7 Å². The van der Waals surface area contributed by atoms with Crippen molar-refractivity contribution < 1.29 is 14.4 Å². The summed E-state index contributed by atoms with van der Waals surface area (Å²) in [6, 6.07) is 33.6. The summed E-state index contributed by atoms with van der Waals surface area (Å²) in [5, 5.41) is 2.79. The first-order chi connectivity index (χ1) is 18.9. The summed E-state index contributed by atoms with van der Waals surface area (Å²) in [4.78, 5) is 42.7. The number of hydrogen-bond donors (Lipinski definition) is 1. The van der Waals surface area contributed by atoms with Crippen LogP contribution in [0.2, 0.25) is 0 Å². The molecule has 3 amide bonds. The van der Waals surface area contributed by atoms with E-state index in [0.29, 0.717) is 30.0 Å². The van der Waals surface area contributed by atoms with Crippen LogP contribution in [0.1, 0.15) is 27.0 Å². The lowest BCUT2D eigenvalue weighted by atomic mass is 10.1. The first kappa shape index (κ1) is 25.9. The van der Waals surface area contributed by atoms with Crippen molar-refractivity contribution in [2.24, 2.45) is 0 Å². The Morgan fingerprint density at radius 3 is 1.97 bits per heavy atom. The van der Waals surface area contributed by atoms with Gasteiger partial charge in [0.1, 0.15) is 10.7 Å². The Hall–Kier alpha value is -4.68. The van der Waals surface area contributed by atoms with E-state index in [-0.39, 0.29) is 16.6 Å². The average Bonchev–Trinajstić information content (AvgIpc) is 3.16. The molecule has 0 fully saturated rings. The van der Waals surface area contributed by atoms with Gasteiger partial charge >= 0.3 is 0 Å². The molecular formula is C32H26ClN3O3. The van der Waals surface area contributed by atoms with Crippen LogP contribution in [0, 0.1) is 6.92 Å². The standard InChI is InChI=1S/C32H26ClN3O3/c1-22-11-8-9-18-27(22)36-31(38)28(33)29(32(36)39)34-26-17-10-16-25(19-26)30(37)35(20-23-12-4-2-5-13-23)21-24-14-6-3-7-15-24/h2-19,34H,20-21H2,1H3. The second-order valence-electron chi connectivity index (χ2n) is 9.26. The van der Waals surface area contributed by atoms with Crippen molar-refractivity contribution in [1.29, 1.82) is 0 Å². The highest BCUT2D eigenvalue weighted by Crippen LogP contribution is 2.32. The molecule has 1 heterocycles. The van der Waals surface area contributed by atoms with Crippen molar-refractivity contribution in [3.05, 3.63) is 142 Å². The van der Waals surface area contributed by atoms with E-state index >= 15 is 0 Å². The lowest BCUT2D eigenvalue weighted by Crippen LogP contribution is -2.32. The van der Waals surface area contributed by atoms with E-state index in [1.54, 1.807) is 41.3 Å². The summed E-state index contributed by atoms with van der Waals surface area (Å²) in [7, 11) is 0. The smallest absolute Gasteiger partial charge is 0.283 e. The van der Waals surface area contributed by atoms with E-state index in [0.717, 1.165) is 21.6 Å². The van der Waals surface area contributed by atoms with Crippen LogP contribution in [-0.2, 0) is 22.7 Å². The van der Waals surface area contributed by atoms with Crippen LogP contribution in [0.15, 0.2) is 120 Å². The summed E-state index contributed by atoms with van der Waals surface area (Å²) in [5.41, 5.74) is 4.16. The molecule has 1 aliphatic heterocycles. The SMILES string of the molecule is Cc1ccccc1N1C(=O)C(Cl)=C(Nc2cccc(C(=O)N(Cc3ccccc3)Cc3ccccc3)c2)C1=O. The molecule has 4 aromatic carbocycles. The number of amides is 3. The maximum atomic E-state index is 13.7. The Morgan fingerprint density at radius 1 is 0.769 bits per heavy atom. The van der Waals surface area contributed by atoms with E-state index in [1.807, 2.05) is 79.7 Å². The molecule has 0 unspecified atom stereocenters. The van der Waals surface area contributed by atoms with Crippen LogP contribution in [0.3, 0.4) is 0 Å². The zero-order valence-corrected chi connectivity index (χ0v) is 22.1. The Labute approximate surface area is 232 Å². The maximum Gasteiger partial charge on any atom is 0.283 e. The zero-order chi connectivity index (χ0) is 27.4. The minimum Gasteiger partial charge on any atom is -0.350 e. The normalized spacial score (nSPS) is 13.1. The first-order valence-electron chi connectivity index (χ1n) is 12.5. The molecule has 0 aliphatic carbocycles. The van der Waals surface area contributed by atoms with E-state index in [2.05, 4.69) is 5.32 Å². The van der Waals surface area contributed by atoms with Gasteiger partial charge in [-0.1, -0.05) is 96.5 Å².